The van der Waals surface area contributed by atoms with Crippen LogP contribution in [-0.2, 0) is 12.6 Å². The van der Waals surface area contributed by atoms with Crippen molar-refractivity contribution < 1.29 is 26.8 Å². The number of nitrogens with zero attached hydrogens (tertiary/aromatic N) is 1. The summed E-state index contributed by atoms with van der Waals surface area (Å²) in [4.78, 5) is 16.3. The lowest BCUT2D eigenvalue weighted by atomic mass is 10.1. The number of alkyl halides is 3. The largest absolute Gasteiger partial charge is 0.444 e. The molecule has 0 saturated heterocycles. The number of benzene rings is 2. The molecule has 2 aromatic carbocycles. The van der Waals surface area contributed by atoms with Crippen LogP contribution in [-0.4, -0.2) is 17.4 Å². The minimum Gasteiger partial charge on any atom is -0.444 e. The van der Waals surface area contributed by atoms with Gasteiger partial charge in [0.2, 0.25) is 5.89 Å². The Hall–Kier alpha value is -2.87. The molecule has 146 valence electrons. The molecule has 28 heavy (non-hydrogen) atoms. The molecule has 1 N–H and O–H groups in total. The summed E-state index contributed by atoms with van der Waals surface area (Å²) >= 11 is 5.54. The topological polar surface area (TPSA) is 55.1 Å². The van der Waals surface area contributed by atoms with E-state index in [0.29, 0.717) is 29.6 Å². The number of halogens is 5. The van der Waals surface area contributed by atoms with Gasteiger partial charge in [-0.2, -0.15) is 13.2 Å². The van der Waals surface area contributed by atoms with Crippen molar-refractivity contribution in [1.82, 2.24) is 10.3 Å². The number of oxazole rings is 1. The van der Waals surface area contributed by atoms with Gasteiger partial charge in [0.05, 0.1) is 16.3 Å². The van der Waals surface area contributed by atoms with E-state index >= 15 is 0 Å². The van der Waals surface area contributed by atoms with Gasteiger partial charge in [-0.25, -0.2) is 9.37 Å². The number of aromatic nitrogens is 1. The third kappa shape index (κ3) is 4.69. The first kappa shape index (κ1) is 19.9. The zero-order valence-corrected chi connectivity index (χ0v) is 14.9. The second-order valence-corrected chi connectivity index (χ2v) is 6.26. The van der Waals surface area contributed by atoms with E-state index < -0.39 is 22.7 Å². The number of carbonyl (C=O) groups excluding carboxylic acids is 1. The maximum absolute atomic E-state index is 12.9. The Kier molecular flexibility index (Phi) is 5.69. The highest BCUT2D eigenvalue weighted by atomic mass is 35.5. The maximum atomic E-state index is 12.9. The zero-order valence-electron chi connectivity index (χ0n) is 14.2. The van der Waals surface area contributed by atoms with Gasteiger partial charge in [0.15, 0.2) is 0 Å². The molecule has 1 amide bonds. The minimum atomic E-state index is -4.65. The predicted molar refractivity (Wildman–Crippen MR) is 94.4 cm³/mol. The lowest BCUT2D eigenvalue weighted by Gasteiger charge is -2.11. The Morgan fingerprint density at radius 3 is 2.54 bits per heavy atom. The number of nitrogens with one attached hydrogen (secondary N) is 1. The summed E-state index contributed by atoms with van der Waals surface area (Å²) in [5.41, 5.74) is -0.0876. The van der Waals surface area contributed by atoms with Crippen LogP contribution >= 0.6 is 11.6 Å². The van der Waals surface area contributed by atoms with E-state index in [2.05, 4.69) is 10.3 Å². The molecule has 0 aliphatic rings. The fraction of sp³-hybridized carbons (Fsp3) is 0.158. The third-order valence-corrected chi connectivity index (χ3v) is 4.17. The molecule has 0 fully saturated rings. The summed E-state index contributed by atoms with van der Waals surface area (Å²) < 4.78 is 56.9. The van der Waals surface area contributed by atoms with E-state index in [4.69, 9.17) is 16.0 Å². The SMILES string of the molecule is O=C(NCCc1coc(-c2ccc(F)cc2)n1)c1ccc(Cl)c(C(F)(F)F)c1. The lowest BCUT2D eigenvalue weighted by molar-refractivity contribution is -0.137. The van der Waals surface area contributed by atoms with Crippen LogP contribution in [0, 0.1) is 5.82 Å². The van der Waals surface area contributed by atoms with Gasteiger partial charge in [-0.3, -0.25) is 4.79 Å². The minimum absolute atomic E-state index is 0.137. The average molecular weight is 413 g/mol. The molecule has 9 heteroatoms. The Labute approximate surface area is 162 Å². The molecule has 0 bridgehead atoms. The molecule has 0 radical (unpaired) electrons. The van der Waals surface area contributed by atoms with Gasteiger partial charge in [-0.15, -0.1) is 0 Å². The molecule has 4 nitrogen and oxygen atoms in total. The smallest absolute Gasteiger partial charge is 0.417 e. The fourth-order valence-electron chi connectivity index (χ4n) is 2.44. The summed E-state index contributed by atoms with van der Waals surface area (Å²) in [6, 6.07) is 8.56. The lowest BCUT2D eigenvalue weighted by Crippen LogP contribution is -2.26. The highest BCUT2D eigenvalue weighted by molar-refractivity contribution is 6.31. The molecular weight excluding hydrogens is 400 g/mol. The third-order valence-electron chi connectivity index (χ3n) is 3.84. The molecule has 0 aliphatic heterocycles. The Morgan fingerprint density at radius 2 is 1.86 bits per heavy atom. The van der Waals surface area contributed by atoms with E-state index in [0.717, 1.165) is 6.07 Å². The maximum Gasteiger partial charge on any atom is 0.417 e. The molecule has 0 unspecified atom stereocenters. The van der Waals surface area contributed by atoms with E-state index in [1.165, 1.54) is 36.6 Å². The van der Waals surface area contributed by atoms with Crippen LogP contribution in [0.2, 0.25) is 5.02 Å². The summed E-state index contributed by atoms with van der Waals surface area (Å²) in [5.74, 6) is -0.743. The standard InChI is InChI=1S/C19H13ClF4N2O2/c20-16-6-3-12(9-15(16)19(22,23)24)17(27)25-8-7-14-10-28-18(26-14)11-1-4-13(21)5-2-11/h1-6,9-10H,7-8H2,(H,25,27). The number of hydrogen-bond donors (Lipinski definition) is 1. The van der Waals surface area contributed by atoms with Crippen molar-refractivity contribution in [2.24, 2.45) is 0 Å². The molecule has 1 heterocycles. The molecular formula is C19H13ClF4N2O2. The summed E-state index contributed by atoms with van der Waals surface area (Å²) in [7, 11) is 0. The van der Waals surface area contributed by atoms with Crippen LogP contribution in [0.15, 0.2) is 53.1 Å². The van der Waals surface area contributed by atoms with Gasteiger partial charge in [-0.1, -0.05) is 11.6 Å². The van der Waals surface area contributed by atoms with Crippen LogP contribution in [0.4, 0.5) is 17.6 Å². The molecule has 0 spiro atoms. The van der Waals surface area contributed by atoms with Crippen LogP contribution in [0.3, 0.4) is 0 Å². The molecule has 0 atom stereocenters. The van der Waals surface area contributed by atoms with Crippen molar-refractivity contribution in [1.29, 1.82) is 0 Å². The van der Waals surface area contributed by atoms with Crippen molar-refractivity contribution >= 4 is 17.5 Å². The highest BCUT2D eigenvalue weighted by Crippen LogP contribution is 2.35. The second kappa shape index (κ2) is 8.02. The van der Waals surface area contributed by atoms with Gasteiger partial charge in [0.1, 0.15) is 12.1 Å². The first-order valence-electron chi connectivity index (χ1n) is 8.09. The number of amides is 1. The number of hydrogen-bond acceptors (Lipinski definition) is 3. The Balaban J connectivity index is 1.60. The van der Waals surface area contributed by atoms with E-state index in [1.807, 2.05) is 0 Å². The van der Waals surface area contributed by atoms with Gasteiger partial charge < -0.3 is 9.73 Å². The normalized spacial score (nSPS) is 11.5. The van der Waals surface area contributed by atoms with E-state index in [-0.39, 0.29) is 17.9 Å². The van der Waals surface area contributed by atoms with Crippen LogP contribution in [0.25, 0.3) is 11.5 Å². The van der Waals surface area contributed by atoms with Crippen LogP contribution < -0.4 is 5.32 Å². The number of rotatable bonds is 5. The summed E-state index contributed by atoms with van der Waals surface area (Å²) in [6.45, 7) is 0.137. The quantitative estimate of drug-likeness (QED) is 0.591. The molecule has 0 saturated carbocycles. The molecule has 3 rings (SSSR count). The summed E-state index contributed by atoms with van der Waals surface area (Å²) in [5, 5.41) is 2.05. The first-order valence-corrected chi connectivity index (χ1v) is 8.47. The van der Waals surface area contributed by atoms with Gasteiger partial charge in [0.25, 0.3) is 5.91 Å². The van der Waals surface area contributed by atoms with Crippen molar-refractivity contribution in [3.05, 3.63) is 76.4 Å². The van der Waals surface area contributed by atoms with E-state index in [1.54, 1.807) is 0 Å². The predicted octanol–water partition coefficient (Wildman–Crippen LogP) is 5.13. The highest BCUT2D eigenvalue weighted by Gasteiger charge is 2.33. The van der Waals surface area contributed by atoms with Crippen molar-refractivity contribution in [2.45, 2.75) is 12.6 Å². The van der Waals surface area contributed by atoms with Gasteiger partial charge >= 0.3 is 6.18 Å². The molecule has 3 aromatic rings. The number of carbonyl (C=O) groups is 1. The monoisotopic (exact) mass is 412 g/mol. The average Bonchev–Trinajstić information content (AvgIpc) is 3.10. The van der Waals surface area contributed by atoms with Crippen LogP contribution in [0.5, 0.6) is 0 Å². The van der Waals surface area contributed by atoms with Crippen molar-refractivity contribution in [3.63, 3.8) is 0 Å². The van der Waals surface area contributed by atoms with Crippen molar-refractivity contribution in [2.75, 3.05) is 6.54 Å². The fourth-order valence-corrected chi connectivity index (χ4v) is 2.66. The van der Waals surface area contributed by atoms with Gasteiger partial charge in [-0.05, 0) is 42.5 Å². The molecule has 0 aliphatic carbocycles. The van der Waals surface area contributed by atoms with Crippen LogP contribution in [0.1, 0.15) is 21.6 Å². The van der Waals surface area contributed by atoms with Crippen molar-refractivity contribution in [3.8, 4) is 11.5 Å². The zero-order chi connectivity index (χ0) is 20.3. The summed E-state index contributed by atoms with van der Waals surface area (Å²) in [6.07, 6.45) is -2.95. The Morgan fingerprint density at radius 1 is 1.14 bits per heavy atom. The Bertz CT molecular complexity index is 984. The second-order valence-electron chi connectivity index (χ2n) is 5.85. The molecule has 1 aromatic heterocycles. The first-order chi connectivity index (χ1) is 13.2. The van der Waals surface area contributed by atoms with E-state index in [9.17, 15) is 22.4 Å². The van der Waals surface area contributed by atoms with Gasteiger partial charge in [0, 0.05) is 24.1 Å².